The molecule has 0 aromatic carbocycles. The monoisotopic (exact) mass is 496 g/mol. The Bertz CT molecular complexity index is 910. The largest absolute Gasteiger partial charge is 0.462 e. The minimum absolute atomic E-state index is 0.0105. The topological polar surface area (TPSA) is 171 Å². The molecule has 0 saturated heterocycles. The molecule has 1 saturated carbocycles. The lowest BCUT2D eigenvalue weighted by Gasteiger charge is -2.49. The fourth-order valence-corrected chi connectivity index (χ4v) is 5.86. The van der Waals surface area contributed by atoms with Crippen LogP contribution in [0, 0.1) is 16.7 Å². The average Bonchev–Trinajstić information content (AvgIpc) is 3.08. The second-order valence-electron chi connectivity index (χ2n) is 10.9. The summed E-state index contributed by atoms with van der Waals surface area (Å²) < 4.78 is 11.3. The maximum Gasteiger partial charge on any atom is 0.337 e. The van der Waals surface area contributed by atoms with E-state index >= 15 is 0 Å². The highest BCUT2D eigenvalue weighted by molar-refractivity contribution is 5.96. The van der Waals surface area contributed by atoms with Crippen LogP contribution in [0.25, 0.3) is 0 Å². The van der Waals surface area contributed by atoms with Gasteiger partial charge in [0.05, 0.1) is 11.7 Å². The Kier molecular flexibility index (Phi) is 7.65. The van der Waals surface area contributed by atoms with E-state index in [0.717, 1.165) is 0 Å². The maximum absolute atomic E-state index is 13.4. The molecule has 0 aromatic rings. The van der Waals surface area contributed by atoms with Crippen molar-refractivity contribution in [1.82, 2.24) is 0 Å². The molecule has 8 atom stereocenters. The SMILES string of the molecule is C=CC1(C)CCC2=C(C(=O)OC23CCCC(C)(C)C3C(=O)OCC(O)C(O)C(O)C(O)C=O)C1O. The van der Waals surface area contributed by atoms with Crippen molar-refractivity contribution in [3.8, 4) is 0 Å². The number of hydrogen-bond acceptors (Lipinski definition) is 10. The summed E-state index contributed by atoms with van der Waals surface area (Å²) in [5.41, 5.74) is -1.92. The van der Waals surface area contributed by atoms with Crippen molar-refractivity contribution >= 4 is 18.2 Å². The van der Waals surface area contributed by atoms with E-state index in [9.17, 15) is 39.9 Å². The summed E-state index contributed by atoms with van der Waals surface area (Å²) in [7, 11) is 0. The van der Waals surface area contributed by atoms with E-state index in [-0.39, 0.29) is 11.9 Å². The zero-order valence-corrected chi connectivity index (χ0v) is 20.3. The number of rotatable bonds is 8. The second kappa shape index (κ2) is 9.74. The molecule has 196 valence electrons. The van der Waals surface area contributed by atoms with Crippen molar-refractivity contribution < 1.29 is 49.4 Å². The van der Waals surface area contributed by atoms with Crippen LogP contribution in [0.15, 0.2) is 23.8 Å². The molecule has 0 bridgehead atoms. The molecule has 1 fully saturated rings. The minimum atomic E-state index is -1.97. The van der Waals surface area contributed by atoms with Crippen molar-refractivity contribution in [2.24, 2.45) is 16.7 Å². The van der Waals surface area contributed by atoms with Gasteiger partial charge in [-0.05, 0) is 43.1 Å². The van der Waals surface area contributed by atoms with Gasteiger partial charge in [0.15, 0.2) is 6.29 Å². The van der Waals surface area contributed by atoms with Crippen LogP contribution in [0.1, 0.15) is 52.9 Å². The number of ether oxygens (including phenoxy) is 2. The molecular weight excluding hydrogens is 460 g/mol. The van der Waals surface area contributed by atoms with Gasteiger partial charge < -0.3 is 39.8 Å². The van der Waals surface area contributed by atoms with E-state index in [0.29, 0.717) is 37.7 Å². The highest BCUT2D eigenvalue weighted by atomic mass is 16.6. The number of carbonyl (C=O) groups excluding carboxylic acids is 3. The summed E-state index contributed by atoms with van der Waals surface area (Å²) >= 11 is 0. The molecule has 0 radical (unpaired) electrons. The third-order valence-corrected chi connectivity index (χ3v) is 8.09. The van der Waals surface area contributed by atoms with Crippen molar-refractivity contribution in [2.45, 2.75) is 89.0 Å². The first-order chi connectivity index (χ1) is 16.3. The minimum Gasteiger partial charge on any atom is -0.462 e. The zero-order valence-electron chi connectivity index (χ0n) is 20.3. The molecule has 10 heteroatoms. The first kappa shape index (κ1) is 27.5. The second-order valence-corrected chi connectivity index (χ2v) is 10.9. The first-order valence-electron chi connectivity index (χ1n) is 11.9. The maximum atomic E-state index is 13.4. The van der Waals surface area contributed by atoms with Gasteiger partial charge in [0.25, 0.3) is 0 Å². The van der Waals surface area contributed by atoms with Crippen LogP contribution in [0.5, 0.6) is 0 Å². The van der Waals surface area contributed by atoms with Crippen LogP contribution in [-0.2, 0) is 23.9 Å². The summed E-state index contributed by atoms with van der Waals surface area (Å²) in [6, 6.07) is 0. The zero-order chi connectivity index (χ0) is 26.3. The van der Waals surface area contributed by atoms with E-state index in [2.05, 4.69) is 6.58 Å². The quantitative estimate of drug-likeness (QED) is 0.174. The van der Waals surface area contributed by atoms with Gasteiger partial charge >= 0.3 is 11.9 Å². The van der Waals surface area contributed by atoms with Crippen LogP contribution in [-0.4, -0.2) is 86.5 Å². The van der Waals surface area contributed by atoms with Gasteiger partial charge in [0.2, 0.25) is 0 Å². The van der Waals surface area contributed by atoms with Crippen molar-refractivity contribution in [3.05, 3.63) is 23.8 Å². The summed E-state index contributed by atoms with van der Waals surface area (Å²) in [5.74, 6) is -2.38. The Morgan fingerprint density at radius 2 is 1.83 bits per heavy atom. The molecule has 8 unspecified atom stereocenters. The number of carbonyl (C=O) groups is 3. The third kappa shape index (κ3) is 4.58. The van der Waals surface area contributed by atoms with E-state index in [4.69, 9.17) is 9.47 Å². The van der Waals surface area contributed by atoms with Crippen LogP contribution >= 0.6 is 0 Å². The molecule has 1 aliphatic heterocycles. The average molecular weight is 497 g/mol. The number of aldehydes is 1. The van der Waals surface area contributed by atoms with E-state index in [1.807, 2.05) is 20.8 Å². The first-order valence-corrected chi connectivity index (χ1v) is 11.9. The molecule has 0 aromatic heterocycles. The Morgan fingerprint density at radius 1 is 1.17 bits per heavy atom. The Balaban J connectivity index is 1.89. The van der Waals surface area contributed by atoms with Crippen molar-refractivity contribution in [3.63, 3.8) is 0 Å². The number of hydrogen-bond donors (Lipinski definition) is 5. The lowest BCUT2D eigenvalue weighted by molar-refractivity contribution is -0.185. The van der Waals surface area contributed by atoms with Gasteiger partial charge in [-0.3, -0.25) is 4.79 Å². The molecular formula is C25H36O10. The molecule has 35 heavy (non-hydrogen) atoms. The summed E-state index contributed by atoms with van der Waals surface area (Å²) in [6.07, 6.45) is -4.48. The number of esters is 2. The smallest absolute Gasteiger partial charge is 0.337 e. The van der Waals surface area contributed by atoms with Gasteiger partial charge in [0, 0.05) is 5.41 Å². The normalized spacial score (nSPS) is 35.5. The third-order valence-electron chi connectivity index (χ3n) is 8.09. The van der Waals surface area contributed by atoms with Gasteiger partial charge in [-0.25, -0.2) is 4.79 Å². The van der Waals surface area contributed by atoms with E-state index < -0.39 is 71.4 Å². The van der Waals surface area contributed by atoms with Gasteiger partial charge in [-0.15, -0.1) is 6.58 Å². The predicted molar refractivity (Wildman–Crippen MR) is 122 cm³/mol. The van der Waals surface area contributed by atoms with Crippen molar-refractivity contribution in [2.75, 3.05) is 6.61 Å². The van der Waals surface area contributed by atoms with E-state index in [1.54, 1.807) is 6.08 Å². The van der Waals surface area contributed by atoms with Crippen LogP contribution in [0.2, 0.25) is 0 Å². The number of aliphatic hydroxyl groups excluding tert-OH is 5. The standard InChI is InChI=1S/C25H36O10/c1-5-24(4)10-7-13-16(20(24)31)21(32)35-25(13)9-6-8-23(2,3)19(25)22(33)34-12-15(28)18(30)17(29)14(27)11-26/h5,11,14-15,17-20,27-31H,1,6-10,12H2,2-4H3. The van der Waals surface area contributed by atoms with Gasteiger partial charge in [-0.2, -0.15) is 0 Å². The Hall–Kier alpha value is -2.11. The highest BCUT2D eigenvalue weighted by Crippen LogP contribution is 2.59. The molecule has 3 aliphatic rings. The molecule has 0 amide bonds. The number of fused-ring (bicyclic) bond motifs is 1. The molecule has 3 rings (SSSR count). The molecule has 1 spiro atoms. The van der Waals surface area contributed by atoms with Gasteiger partial charge in [-0.1, -0.05) is 26.8 Å². The van der Waals surface area contributed by atoms with Crippen LogP contribution in [0.3, 0.4) is 0 Å². The van der Waals surface area contributed by atoms with Crippen LogP contribution in [0.4, 0.5) is 0 Å². The molecule has 5 N–H and O–H groups in total. The molecule has 2 aliphatic carbocycles. The summed E-state index contributed by atoms with van der Waals surface area (Å²) in [6.45, 7) is 8.60. The predicted octanol–water partition coefficient (Wildman–Crippen LogP) is -0.0624. The van der Waals surface area contributed by atoms with Crippen molar-refractivity contribution in [1.29, 1.82) is 0 Å². The Labute approximate surface area is 204 Å². The van der Waals surface area contributed by atoms with Crippen LogP contribution < -0.4 is 0 Å². The highest BCUT2D eigenvalue weighted by Gasteiger charge is 2.64. The fraction of sp³-hybridized carbons (Fsp3) is 0.720. The lowest BCUT2D eigenvalue weighted by atomic mass is 9.56. The lowest BCUT2D eigenvalue weighted by Crippen LogP contribution is -2.55. The van der Waals surface area contributed by atoms with E-state index in [1.165, 1.54) is 0 Å². The fourth-order valence-electron chi connectivity index (χ4n) is 5.86. The summed E-state index contributed by atoms with van der Waals surface area (Å²) in [5, 5.41) is 50.3. The Morgan fingerprint density at radius 3 is 2.43 bits per heavy atom. The molecule has 1 heterocycles. The number of aliphatic hydroxyl groups is 5. The summed E-state index contributed by atoms with van der Waals surface area (Å²) in [4.78, 5) is 37.1. The molecule has 10 nitrogen and oxygen atoms in total. The van der Waals surface area contributed by atoms with Gasteiger partial charge in [0.1, 0.15) is 42.5 Å².